The Bertz CT molecular complexity index is 370. The first-order valence-corrected chi connectivity index (χ1v) is 5.75. The number of primary amides is 1. The van der Waals surface area contributed by atoms with Crippen LogP contribution < -0.4 is 11.1 Å². The molecule has 0 aromatic carbocycles. The van der Waals surface area contributed by atoms with Crippen LogP contribution in [0.3, 0.4) is 0 Å². The zero-order valence-corrected chi connectivity index (χ0v) is 9.52. The predicted octanol–water partition coefficient (Wildman–Crippen LogP) is 0.0514. The third-order valence-electron chi connectivity index (χ3n) is 2.82. The first kappa shape index (κ1) is 11.1. The Hall–Kier alpha value is -1.36. The molecule has 1 aromatic rings. The monoisotopic (exact) mass is 222 g/mol. The first-order valence-electron chi connectivity index (χ1n) is 5.75. The maximum Gasteiger partial charge on any atom is 0.236 e. The van der Waals surface area contributed by atoms with Crippen LogP contribution in [0.5, 0.6) is 0 Å². The maximum absolute atomic E-state index is 11.3. The lowest BCUT2D eigenvalue weighted by molar-refractivity contribution is -0.120. The summed E-state index contributed by atoms with van der Waals surface area (Å²) in [6.45, 7) is 2.60. The van der Waals surface area contributed by atoms with Crippen LogP contribution in [-0.4, -0.2) is 27.8 Å². The fraction of sp³-hybridized carbons (Fsp3) is 0.636. The number of rotatable bonds is 6. The Labute approximate surface area is 95.0 Å². The van der Waals surface area contributed by atoms with Gasteiger partial charge in [-0.15, -0.1) is 0 Å². The van der Waals surface area contributed by atoms with Gasteiger partial charge in [0.05, 0.1) is 12.7 Å². The number of nitrogens with two attached hydrogens (primary N) is 1. The SMILES string of the molecule is CCc1cnn(CC(NC2CC2)C(N)=O)c1. The number of carbonyl (C=O) groups is 1. The third kappa shape index (κ3) is 2.82. The molecule has 0 radical (unpaired) electrons. The molecule has 1 saturated carbocycles. The molecule has 16 heavy (non-hydrogen) atoms. The summed E-state index contributed by atoms with van der Waals surface area (Å²) in [5, 5.41) is 7.44. The van der Waals surface area contributed by atoms with E-state index < -0.39 is 0 Å². The van der Waals surface area contributed by atoms with Crippen LogP contribution in [0.25, 0.3) is 0 Å². The number of carbonyl (C=O) groups excluding carboxylic acids is 1. The molecule has 1 atom stereocenters. The lowest BCUT2D eigenvalue weighted by atomic mass is 10.2. The normalized spacial score (nSPS) is 17.3. The molecule has 1 unspecified atom stereocenters. The van der Waals surface area contributed by atoms with E-state index in [1.807, 2.05) is 12.4 Å². The van der Waals surface area contributed by atoms with Crippen molar-refractivity contribution in [1.82, 2.24) is 15.1 Å². The molecule has 0 saturated heterocycles. The van der Waals surface area contributed by atoms with Gasteiger partial charge in [-0.05, 0) is 24.8 Å². The van der Waals surface area contributed by atoms with Gasteiger partial charge in [0.15, 0.2) is 0 Å². The number of aryl methyl sites for hydroxylation is 1. The van der Waals surface area contributed by atoms with Crippen molar-refractivity contribution in [3.63, 3.8) is 0 Å². The van der Waals surface area contributed by atoms with Crippen molar-refractivity contribution < 1.29 is 4.79 Å². The first-order chi connectivity index (χ1) is 7.69. The number of nitrogens with one attached hydrogen (secondary N) is 1. The van der Waals surface area contributed by atoms with Gasteiger partial charge in [-0.1, -0.05) is 6.92 Å². The quantitative estimate of drug-likeness (QED) is 0.714. The minimum absolute atomic E-state index is 0.305. The topological polar surface area (TPSA) is 72.9 Å². The van der Waals surface area contributed by atoms with Crippen LogP contribution in [0.2, 0.25) is 0 Å². The standard InChI is InChI=1S/C11H18N4O/c1-2-8-5-13-15(6-8)7-10(11(12)16)14-9-3-4-9/h5-6,9-10,14H,2-4,7H2,1H3,(H2,12,16). The van der Waals surface area contributed by atoms with Gasteiger partial charge in [-0.25, -0.2) is 0 Å². The minimum atomic E-state index is -0.308. The second-order valence-corrected chi connectivity index (χ2v) is 4.32. The van der Waals surface area contributed by atoms with Crippen LogP contribution >= 0.6 is 0 Å². The molecule has 0 bridgehead atoms. The highest BCUT2D eigenvalue weighted by atomic mass is 16.1. The molecule has 88 valence electrons. The highest BCUT2D eigenvalue weighted by Gasteiger charge is 2.27. The van der Waals surface area contributed by atoms with E-state index in [0.717, 1.165) is 19.3 Å². The summed E-state index contributed by atoms with van der Waals surface area (Å²) in [7, 11) is 0. The highest BCUT2D eigenvalue weighted by molar-refractivity contribution is 5.79. The van der Waals surface area contributed by atoms with Crippen molar-refractivity contribution in [3.05, 3.63) is 18.0 Å². The Morgan fingerprint density at radius 3 is 3.00 bits per heavy atom. The second-order valence-electron chi connectivity index (χ2n) is 4.32. The van der Waals surface area contributed by atoms with Crippen LogP contribution in [0.15, 0.2) is 12.4 Å². The van der Waals surface area contributed by atoms with E-state index in [-0.39, 0.29) is 11.9 Å². The second kappa shape index (κ2) is 4.65. The molecule has 1 amide bonds. The Morgan fingerprint density at radius 1 is 1.75 bits per heavy atom. The fourth-order valence-electron chi connectivity index (χ4n) is 1.64. The molecule has 0 aliphatic heterocycles. The van der Waals surface area contributed by atoms with Gasteiger partial charge >= 0.3 is 0 Å². The molecule has 1 aliphatic carbocycles. The van der Waals surface area contributed by atoms with Crippen molar-refractivity contribution in [2.75, 3.05) is 0 Å². The maximum atomic E-state index is 11.3. The Kier molecular flexibility index (Phi) is 3.24. The summed E-state index contributed by atoms with van der Waals surface area (Å²) in [5.74, 6) is -0.305. The van der Waals surface area contributed by atoms with E-state index in [1.165, 1.54) is 5.56 Å². The smallest absolute Gasteiger partial charge is 0.236 e. The number of hydrogen-bond donors (Lipinski definition) is 2. The zero-order chi connectivity index (χ0) is 11.5. The molecule has 1 fully saturated rings. The average Bonchev–Trinajstić information content (AvgIpc) is 2.95. The molecular weight excluding hydrogens is 204 g/mol. The van der Waals surface area contributed by atoms with Gasteiger partial charge in [0.2, 0.25) is 5.91 Å². The number of hydrogen-bond acceptors (Lipinski definition) is 3. The van der Waals surface area contributed by atoms with E-state index >= 15 is 0 Å². The van der Waals surface area contributed by atoms with E-state index in [2.05, 4.69) is 17.3 Å². The molecule has 5 nitrogen and oxygen atoms in total. The van der Waals surface area contributed by atoms with Gasteiger partial charge in [0.25, 0.3) is 0 Å². The average molecular weight is 222 g/mol. The minimum Gasteiger partial charge on any atom is -0.368 e. The molecule has 1 aliphatic rings. The van der Waals surface area contributed by atoms with Crippen molar-refractivity contribution in [2.24, 2.45) is 5.73 Å². The van der Waals surface area contributed by atoms with Gasteiger partial charge in [0, 0.05) is 12.2 Å². The number of aromatic nitrogens is 2. The van der Waals surface area contributed by atoms with E-state index in [1.54, 1.807) is 4.68 Å². The fourth-order valence-corrected chi connectivity index (χ4v) is 1.64. The summed E-state index contributed by atoms with van der Waals surface area (Å²) in [6.07, 6.45) is 7.03. The molecule has 0 spiro atoms. The molecule has 2 rings (SSSR count). The highest BCUT2D eigenvalue weighted by Crippen LogP contribution is 2.19. The molecule has 1 heterocycles. The summed E-state index contributed by atoms with van der Waals surface area (Å²) >= 11 is 0. The van der Waals surface area contributed by atoms with Gasteiger partial charge < -0.3 is 11.1 Å². The van der Waals surface area contributed by atoms with Crippen molar-refractivity contribution in [3.8, 4) is 0 Å². The zero-order valence-electron chi connectivity index (χ0n) is 9.52. The van der Waals surface area contributed by atoms with Crippen LogP contribution in [0.1, 0.15) is 25.3 Å². The predicted molar refractivity (Wildman–Crippen MR) is 60.7 cm³/mol. The van der Waals surface area contributed by atoms with Crippen LogP contribution in [0, 0.1) is 0 Å². The van der Waals surface area contributed by atoms with Crippen molar-refractivity contribution >= 4 is 5.91 Å². The van der Waals surface area contributed by atoms with Crippen LogP contribution in [-0.2, 0) is 17.8 Å². The largest absolute Gasteiger partial charge is 0.368 e. The van der Waals surface area contributed by atoms with Gasteiger partial charge in [-0.3, -0.25) is 9.48 Å². The third-order valence-corrected chi connectivity index (χ3v) is 2.82. The van der Waals surface area contributed by atoms with E-state index in [9.17, 15) is 4.79 Å². The summed E-state index contributed by atoms with van der Waals surface area (Å²) < 4.78 is 1.78. The van der Waals surface area contributed by atoms with E-state index in [0.29, 0.717) is 12.6 Å². The van der Waals surface area contributed by atoms with Crippen LogP contribution in [0.4, 0.5) is 0 Å². The molecule has 5 heteroatoms. The van der Waals surface area contributed by atoms with Crippen molar-refractivity contribution in [1.29, 1.82) is 0 Å². The Balaban J connectivity index is 1.95. The lowest BCUT2D eigenvalue weighted by Crippen LogP contribution is -2.45. The molecular formula is C11H18N4O. The summed E-state index contributed by atoms with van der Waals surface area (Å²) in [6, 6.07) is 0.163. The summed E-state index contributed by atoms with van der Waals surface area (Å²) in [4.78, 5) is 11.3. The molecule has 1 aromatic heterocycles. The van der Waals surface area contributed by atoms with E-state index in [4.69, 9.17) is 5.73 Å². The number of amides is 1. The van der Waals surface area contributed by atoms with Gasteiger partial charge in [0.1, 0.15) is 6.04 Å². The molecule has 3 N–H and O–H groups in total. The Morgan fingerprint density at radius 2 is 2.50 bits per heavy atom. The van der Waals surface area contributed by atoms with Gasteiger partial charge in [-0.2, -0.15) is 5.10 Å². The lowest BCUT2D eigenvalue weighted by Gasteiger charge is -2.14. The summed E-state index contributed by atoms with van der Waals surface area (Å²) in [5.41, 5.74) is 6.53. The number of nitrogens with zero attached hydrogens (tertiary/aromatic N) is 2. The van der Waals surface area contributed by atoms with Crippen molar-refractivity contribution in [2.45, 2.75) is 44.8 Å².